The second kappa shape index (κ2) is 18.5. The number of aromatic nitrogens is 10. The summed E-state index contributed by atoms with van der Waals surface area (Å²) in [6, 6.07) is 4.66. The van der Waals surface area contributed by atoms with E-state index in [1.165, 1.54) is 57.3 Å². The zero-order chi connectivity index (χ0) is 40.9. The minimum Gasteiger partial charge on any atom is -0.324 e. The first-order valence-electron chi connectivity index (χ1n) is 22.8. The van der Waals surface area contributed by atoms with Gasteiger partial charge in [-0.15, -0.1) is 0 Å². The van der Waals surface area contributed by atoms with E-state index in [0.717, 1.165) is 142 Å². The van der Waals surface area contributed by atoms with Crippen molar-refractivity contribution in [3.8, 4) is 22.8 Å². The van der Waals surface area contributed by atoms with Gasteiger partial charge in [0.2, 0.25) is 6.33 Å². The van der Waals surface area contributed by atoms with Crippen molar-refractivity contribution < 1.29 is 4.57 Å². The molecule has 10 heteroatoms. The predicted molar refractivity (Wildman–Crippen MR) is 239 cm³/mol. The molecule has 4 aromatic heterocycles. The van der Waals surface area contributed by atoms with Gasteiger partial charge in [0, 0.05) is 56.7 Å². The first-order chi connectivity index (χ1) is 28.3. The minimum absolute atomic E-state index is 0.505. The number of aryl methyl sites for hydroxylation is 5. The number of imidazole rings is 1. The number of nitrogens with one attached hydrogen (secondary N) is 2. The lowest BCUT2D eigenvalue weighted by molar-refractivity contribution is -0.677. The van der Waals surface area contributed by atoms with Gasteiger partial charge in [0.1, 0.15) is 22.6 Å². The molecule has 6 heterocycles. The van der Waals surface area contributed by atoms with E-state index < -0.39 is 0 Å². The summed E-state index contributed by atoms with van der Waals surface area (Å²) in [6.45, 7) is 22.2. The van der Waals surface area contributed by atoms with Crippen LogP contribution in [0.25, 0.3) is 67.5 Å². The topological polar surface area (TPSA) is 118 Å². The van der Waals surface area contributed by atoms with Crippen molar-refractivity contribution in [1.82, 2.24) is 44.4 Å². The first-order valence-corrected chi connectivity index (χ1v) is 22.8. The Bertz CT molecular complexity index is 2460. The average molecular weight is 784 g/mol. The van der Waals surface area contributed by atoms with E-state index in [2.05, 4.69) is 99.9 Å². The largest absolute Gasteiger partial charge is 0.324 e. The number of unbranched alkanes of at least 4 members (excludes halogenated alkanes) is 2. The third-order valence-corrected chi connectivity index (χ3v) is 11.6. The highest BCUT2D eigenvalue weighted by molar-refractivity contribution is 5.93. The van der Waals surface area contributed by atoms with Crippen LogP contribution in [0.4, 0.5) is 0 Å². The second-order valence-electron chi connectivity index (χ2n) is 16.9. The van der Waals surface area contributed by atoms with E-state index in [4.69, 9.17) is 29.9 Å². The van der Waals surface area contributed by atoms with Gasteiger partial charge in [0.25, 0.3) is 0 Å². The van der Waals surface area contributed by atoms with Gasteiger partial charge < -0.3 is 9.97 Å². The Hall–Kier alpha value is -4.73. The summed E-state index contributed by atoms with van der Waals surface area (Å²) in [5, 5.41) is 0. The van der Waals surface area contributed by atoms with Gasteiger partial charge in [-0.1, -0.05) is 107 Å². The Kier molecular flexibility index (Phi) is 13.2. The predicted octanol–water partition coefficient (Wildman–Crippen LogP) is 11.6. The zero-order valence-corrected chi connectivity index (χ0v) is 36.9. The van der Waals surface area contributed by atoms with E-state index in [9.17, 15) is 0 Å². The zero-order valence-electron chi connectivity index (χ0n) is 36.9. The molecule has 7 rings (SSSR count). The molecule has 2 aliphatic rings. The standard InChI is InChI=1S/C48H67N10/c1-10-17-18-25-57-29-58(28-30(8)9)40-27-38-37(26-39(40)57)47-54-45-35(23-15-6)33(21-13-4)43(52-45)50-41-31(19-11-2)32(20-12-3)42(49-41)51-44-34(22-14-5)36(24-16-7)46(53-44)55-48(38)56-47/h26-27,29-30H,10-25,28H2,1-9H3,(H2,49,50,51,52,53,54,55,56)/q+1. The Morgan fingerprint density at radius 3 is 1.38 bits per heavy atom. The molecule has 0 saturated heterocycles. The number of benzene rings is 1. The van der Waals surface area contributed by atoms with Gasteiger partial charge in [0.15, 0.2) is 34.3 Å². The van der Waals surface area contributed by atoms with Crippen molar-refractivity contribution in [2.45, 2.75) is 172 Å². The summed E-state index contributed by atoms with van der Waals surface area (Å²) < 4.78 is 4.87. The van der Waals surface area contributed by atoms with Crippen LogP contribution in [-0.2, 0) is 38.8 Å². The fraction of sp³-hybridized carbons (Fsp3) is 0.562. The number of nitrogens with zero attached hydrogens (tertiary/aromatic N) is 8. The SMILES string of the molecule is CCCCCn1c[n+](CC(C)C)c2cc3c(cc21)-c1nc-3nc2[nH]c(nc3nc(nc4[nH]c(n1)c(CCC)c4CCC)C(CCC)=C3CCC)c(CCC)c2CCC. The van der Waals surface area contributed by atoms with Gasteiger partial charge in [-0.3, -0.25) is 0 Å². The molecule has 308 valence electrons. The van der Waals surface area contributed by atoms with Crippen LogP contribution in [-0.4, -0.2) is 44.4 Å². The molecule has 0 unspecified atom stereocenters. The lowest BCUT2D eigenvalue weighted by Crippen LogP contribution is -2.35. The van der Waals surface area contributed by atoms with Crippen molar-refractivity contribution in [2.24, 2.45) is 5.92 Å². The number of H-pyrrole nitrogens is 2. The maximum atomic E-state index is 5.49. The molecule has 0 amide bonds. The van der Waals surface area contributed by atoms with Crippen LogP contribution in [0.3, 0.4) is 0 Å². The van der Waals surface area contributed by atoms with Gasteiger partial charge >= 0.3 is 0 Å². The summed E-state index contributed by atoms with van der Waals surface area (Å²) in [5.74, 6) is 3.46. The quantitative estimate of drug-likeness (QED) is 0.0662. The van der Waals surface area contributed by atoms with Gasteiger partial charge in [-0.25, -0.2) is 39.0 Å². The van der Waals surface area contributed by atoms with E-state index >= 15 is 0 Å². The van der Waals surface area contributed by atoms with Crippen LogP contribution < -0.4 is 4.57 Å². The third kappa shape index (κ3) is 8.13. The molecule has 0 atom stereocenters. The Morgan fingerprint density at radius 1 is 0.517 bits per heavy atom. The highest BCUT2D eigenvalue weighted by Gasteiger charge is 2.28. The molecule has 0 saturated carbocycles. The van der Waals surface area contributed by atoms with E-state index in [0.29, 0.717) is 17.6 Å². The van der Waals surface area contributed by atoms with Gasteiger partial charge in [0.05, 0.1) is 13.1 Å². The number of aromatic amines is 2. The van der Waals surface area contributed by atoms with E-state index in [-0.39, 0.29) is 0 Å². The van der Waals surface area contributed by atoms with Crippen molar-refractivity contribution in [2.75, 3.05) is 0 Å². The van der Waals surface area contributed by atoms with Crippen LogP contribution in [0, 0.1) is 5.92 Å². The molecule has 0 aliphatic carbocycles. The molecule has 2 N–H and O–H groups in total. The molecule has 0 fully saturated rings. The number of hydrogen-bond acceptors (Lipinski definition) is 6. The highest BCUT2D eigenvalue weighted by atomic mass is 15.1. The monoisotopic (exact) mass is 784 g/mol. The van der Waals surface area contributed by atoms with Crippen molar-refractivity contribution in [3.05, 3.63) is 52.4 Å². The number of fused-ring (bicyclic) bond motifs is 12. The number of rotatable bonds is 18. The molecule has 1 aromatic carbocycles. The molecule has 58 heavy (non-hydrogen) atoms. The van der Waals surface area contributed by atoms with Crippen LogP contribution in [0.1, 0.15) is 167 Å². The molecular formula is C48H67N10+. The summed E-state index contributed by atoms with van der Waals surface area (Å²) in [6.07, 6.45) is 17.3. The van der Waals surface area contributed by atoms with Gasteiger partial charge in [-0.05, 0) is 57.3 Å². The van der Waals surface area contributed by atoms with E-state index in [1.54, 1.807) is 0 Å². The van der Waals surface area contributed by atoms with Crippen LogP contribution in [0.5, 0.6) is 0 Å². The van der Waals surface area contributed by atoms with Crippen molar-refractivity contribution in [1.29, 1.82) is 0 Å². The highest BCUT2D eigenvalue weighted by Crippen LogP contribution is 2.39. The maximum absolute atomic E-state index is 5.49. The Labute approximate surface area is 345 Å². The van der Waals surface area contributed by atoms with Crippen molar-refractivity contribution in [3.63, 3.8) is 0 Å². The summed E-state index contributed by atoms with van der Waals surface area (Å²) >= 11 is 0. The first kappa shape index (κ1) is 41.4. The summed E-state index contributed by atoms with van der Waals surface area (Å²) in [4.78, 5) is 40.0. The van der Waals surface area contributed by atoms with Crippen LogP contribution >= 0.6 is 0 Å². The number of hydrogen-bond donors (Lipinski definition) is 2. The Morgan fingerprint density at radius 2 is 0.948 bits per heavy atom. The molecule has 5 aromatic rings. The third-order valence-electron chi connectivity index (χ3n) is 11.6. The number of allylic oxidation sites excluding steroid dienone is 2. The van der Waals surface area contributed by atoms with Crippen LogP contribution in [0.15, 0.2) is 18.5 Å². The summed E-state index contributed by atoms with van der Waals surface area (Å²) in [5.41, 5.74) is 15.2. The average Bonchev–Trinajstić information content (AvgIpc) is 3.97. The molecule has 10 nitrogen and oxygen atoms in total. The molecule has 0 radical (unpaired) electrons. The van der Waals surface area contributed by atoms with E-state index in [1.807, 2.05) is 0 Å². The maximum Gasteiger partial charge on any atom is 0.244 e. The molecule has 2 aliphatic heterocycles. The fourth-order valence-electron chi connectivity index (χ4n) is 9.04. The summed E-state index contributed by atoms with van der Waals surface area (Å²) in [7, 11) is 0. The lowest BCUT2D eigenvalue weighted by Gasteiger charge is -2.05. The second-order valence-corrected chi connectivity index (χ2v) is 16.9. The lowest BCUT2D eigenvalue weighted by atomic mass is 10.0. The minimum atomic E-state index is 0.505. The Balaban J connectivity index is 1.64. The smallest absolute Gasteiger partial charge is 0.244 e. The normalized spacial score (nSPS) is 12.8. The van der Waals surface area contributed by atoms with Crippen molar-refractivity contribution >= 4 is 44.8 Å². The van der Waals surface area contributed by atoms with Gasteiger partial charge in [-0.2, -0.15) is 0 Å². The molecule has 8 bridgehead atoms. The van der Waals surface area contributed by atoms with Crippen LogP contribution in [0.2, 0.25) is 0 Å². The molecular weight excluding hydrogens is 717 g/mol. The fourth-order valence-corrected chi connectivity index (χ4v) is 9.04. The molecule has 0 spiro atoms.